The molecule has 0 spiro atoms. The van der Waals surface area contributed by atoms with Crippen LogP contribution in [0.25, 0.3) is 0 Å². The molecule has 1 aliphatic rings. The van der Waals surface area contributed by atoms with E-state index >= 15 is 0 Å². The molecular weight excluding hydrogens is 276 g/mol. The number of likely N-dealkylation sites (tertiary alicyclic amines) is 1. The minimum atomic E-state index is -2.66. The van der Waals surface area contributed by atoms with Gasteiger partial charge in [0, 0.05) is 13.1 Å². The zero-order valence-electron chi connectivity index (χ0n) is 12.4. The lowest BCUT2D eigenvalue weighted by Gasteiger charge is -2.32. The molecular formula is C15H21F2N3O. The Kier molecular flexibility index (Phi) is 5.20. The maximum Gasteiger partial charge on any atom is 0.281 e. The first-order valence-corrected chi connectivity index (χ1v) is 7.36. The molecule has 4 nitrogen and oxygen atoms in total. The number of piperidine rings is 1. The number of nitrogens with zero attached hydrogens (tertiary/aromatic N) is 3. The lowest BCUT2D eigenvalue weighted by atomic mass is 9.88. The van der Waals surface area contributed by atoms with Gasteiger partial charge in [0.25, 0.3) is 12.3 Å². The standard InChI is InChI=1S/C15H21F2N3O/c1-10(2)7-11-3-5-20(6-4-11)15(21)13-9-18-12(8-19-13)14(16)17/h8-11,14H,3-7H2,1-2H3. The molecule has 0 unspecified atom stereocenters. The number of hydrogen-bond donors (Lipinski definition) is 0. The van der Waals surface area contributed by atoms with Crippen LogP contribution < -0.4 is 0 Å². The molecule has 21 heavy (non-hydrogen) atoms. The Morgan fingerprint density at radius 3 is 2.43 bits per heavy atom. The van der Waals surface area contributed by atoms with Crippen LogP contribution in [0.4, 0.5) is 8.78 Å². The Bertz CT molecular complexity index is 468. The molecule has 6 heteroatoms. The normalized spacial score (nSPS) is 16.8. The number of carbonyl (C=O) groups excluding carboxylic acids is 1. The van der Waals surface area contributed by atoms with Crippen LogP contribution in [0.5, 0.6) is 0 Å². The summed E-state index contributed by atoms with van der Waals surface area (Å²) in [5, 5.41) is 0. The summed E-state index contributed by atoms with van der Waals surface area (Å²) >= 11 is 0. The van der Waals surface area contributed by atoms with Crippen LogP contribution in [0.2, 0.25) is 0 Å². The van der Waals surface area contributed by atoms with Gasteiger partial charge >= 0.3 is 0 Å². The smallest absolute Gasteiger partial charge is 0.281 e. The van der Waals surface area contributed by atoms with Crippen LogP contribution in [0.3, 0.4) is 0 Å². The Balaban J connectivity index is 1.92. The van der Waals surface area contributed by atoms with Crippen LogP contribution in [0, 0.1) is 11.8 Å². The second-order valence-corrected chi connectivity index (χ2v) is 5.99. The molecule has 0 atom stereocenters. The number of halogens is 2. The highest BCUT2D eigenvalue weighted by atomic mass is 19.3. The van der Waals surface area contributed by atoms with E-state index in [-0.39, 0.29) is 11.6 Å². The van der Waals surface area contributed by atoms with E-state index in [0.29, 0.717) is 24.9 Å². The molecule has 116 valence electrons. The average molecular weight is 297 g/mol. The highest BCUT2D eigenvalue weighted by molar-refractivity contribution is 5.92. The molecule has 2 rings (SSSR count). The molecule has 1 aliphatic heterocycles. The quantitative estimate of drug-likeness (QED) is 0.856. The summed E-state index contributed by atoms with van der Waals surface area (Å²) in [7, 11) is 0. The third-order valence-electron chi connectivity index (χ3n) is 3.82. The van der Waals surface area contributed by atoms with E-state index in [1.165, 1.54) is 6.42 Å². The molecule has 0 N–H and O–H groups in total. The maximum atomic E-state index is 12.4. The summed E-state index contributed by atoms with van der Waals surface area (Å²) in [5.41, 5.74) is -0.260. The van der Waals surface area contributed by atoms with Crippen molar-refractivity contribution >= 4 is 5.91 Å². The lowest BCUT2D eigenvalue weighted by molar-refractivity contribution is 0.0674. The number of carbonyl (C=O) groups is 1. The van der Waals surface area contributed by atoms with Crippen molar-refractivity contribution in [2.75, 3.05) is 13.1 Å². The summed E-state index contributed by atoms with van der Waals surface area (Å²) in [6, 6.07) is 0. The van der Waals surface area contributed by atoms with Crippen molar-refractivity contribution in [1.29, 1.82) is 0 Å². The molecule has 1 amide bonds. The fourth-order valence-electron chi connectivity index (χ4n) is 2.76. The average Bonchev–Trinajstić information content (AvgIpc) is 2.47. The van der Waals surface area contributed by atoms with Gasteiger partial charge in [0.15, 0.2) is 0 Å². The van der Waals surface area contributed by atoms with Crippen molar-refractivity contribution in [2.24, 2.45) is 11.8 Å². The third kappa shape index (κ3) is 4.19. The van der Waals surface area contributed by atoms with Crippen LogP contribution in [0.15, 0.2) is 12.4 Å². The first-order valence-electron chi connectivity index (χ1n) is 7.36. The Morgan fingerprint density at radius 2 is 1.95 bits per heavy atom. The van der Waals surface area contributed by atoms with Gasteiger partial charge in [0.05, 0.1) is 12.4 Å². The summed E-state index contributed by atoms with van der Waals surface area (Å²) < 4.78 is 24.8. The Hall–Kier alpha value is -1.59. The monoisotopic (exact) mass is 297 g/mol. The molecule has 0 saturated carbocycles. The van der Waals surface area contributed by atoms with Crippen molar-refractivity contribution in [1.82, 2.24) is 14.9 Å². The Labute approximate surface area is 123 Å². The van der Waals surface area contributed by atoms with Crippen molar-refractivity contribution in [2.45, 2.75) is 39.5 Å². The summed E-state index contributed by atoms with van der Waals surface area (Å²) in [6.07, 6.45) is 2.63. The van der Waals surface area contributed by atoms with Crippen molar-refractivity contribution in [3.63, 3.8) is 0 Å². The fraction of sp³-hybridized carbons (Fsp3) is 0.667. The van der Waals surface area contributed by atoms with E-state index in [2.05, 4.69) is 23.8 Å². The first kappa shape index (κ1) is 15.8. The topological polar surface area (TPSA) is 46.1 Å². The van der Waals surface area contributed by atoms with Crippen LogP contribution in [0.1, 0.15) is 55.7 Å². The van der Waals surface area contributed by atoms with Gasteiger partial charge in [0.2, 0.25) is 0 Å². The predicted octanol–water partition coefficient (Wildman–Crippen LogP) is 3.31. The van der Waals surface area contributed by atoms with Gasteiger partial charge in [-0.25, -0.2) is 13.8 Å². The summed E-state index contributed by atoms with van der Waals surface area (Å²) in [4.78, 5) is 21.4. The van der Waals surface area contributed by atoms with Crippen LogP contribution in [-0.2, 0) is 0 Å². The van der Waals surface area contributed by atoms with Crippen molar-refractivity contribution < 1.29 is 13.6 Å². The zero-order valence-corrected chi connectivity index (χ0v) is 12.4. The molecule has 1 aromatic rings. The van der Waals surface area contributed by atoms with Gasteiger partial charge in [-0.15, -0.1) is 0 Å². The number of hydrogen-bond acceptors (Lipinski definition) is 3. The largest absolute Gasteiger partial charge is 0.337 e. The van der Waals surface area contributed by atoms with Crippen molar-refractivity contribution in [3.8, 4) is 0 Å². The maximum absolute atomic E-state index is 12.4. The molecule has 0 aromatic carbocycles. The third-order valence-corrected chi connectivity index (χ3v) is 3.82. The van der Waals surface area contributed by atoms with Gasteiger partial charge in [-0.1, -0.05) is 13.8 Å². The second kappa shape index (κ2) is 6.91. The number of aromatic nitrogens is 2. The molecule has 2 heterocycles. The minimum Gasteiger partial charge on any atom is -0.337 e. The lowest BCUT2D eigenvalue weighted by Crippen LogP contribution is -2.39. The van der Waals surface area contributed by atoms with Crippen LogP contribution >= 0.6 is 0 Å². The van der Waals surface area contributed by atoms with Gasteiger partial charge < -0.3 is 4.90 Å². The minimum absolute atomic E-state index is 0.140. The van der Waals surface area contributed by atoms with E-state index < -0.39 is 12.1 Å². The van der Waals surface area contributed by atoms with Gasteiger partial charge in [-0.05, 0) is 31.1 Å². The molecule has 0 bridgehead atoms. The number of amides is 1. The van der Waals surface area contributed by atoms with E-state index in [1.54, 1.807) is 4.90 Å². The van der Waals surface area contributed by atoms with E-state index in [4.69, 9.17) is 0 Å². The molecule has 1 aromatic heterocycles. The fourth-order valence-corrected chi connectivity index (χ4v) is 2.76. The summed E-state index contributed by atoms with van der Waals surface area (Å²) in [6.45, 7) is 5.82. The molecule has 1 saturated heterocycles. The Morgan fingerprint density at radius 1 is 1.29 bits per heavy atom. The highest BCUT2D eigenvalue weighted by Gasteiger charge is 2.25. The number of alkyl halides is 2. The first-order chi connectivity index (χ1) is 9.97. The van der Waals surface area contributed by atoms with Gasteiger partial charge in [-0.3, -0.25) is 9.78 Å². The predicted molar refractivity (Wildman–Crippen MR) is 75.1 cm³/mol. The van der Waals surface area contributed by atoms with E-state index in [1.807, 2.05) is 0 Å². The molecule has 1 fully saturated rings. The highest BCUT2D eigenvalue weighted by Crippen LogP contribution is 2.24. The zero-order chi connectivity index (χ0) is 15.4. The SMILES string of the molecule is CC(C)CC1CCN(C(=O)c2cnc(C(F)F)cn2)CC1. The van der Waals surface area contributed by atoms with E-state index in [0.717, 1.165) is 25.2 Å². The summed E-state index contributed by atoms with van der Waals surface area (Å²) in [5.74, 6) is 1.12. The van der Waals surface area contributed by atoms with Crippen molar-refractivity contribution in [3.05, 3.63) is 23.8 Å². The second-order valence-electron chi connectivity index (χ2n) is 5.99. The van der Waals surface area contributed by atoms with Crippen LogP contribution in [-0.4, -0.2) is 33.9 Å². The van der Waals surface area contributed by atoms with E-state index in [9.17, 15) is 13.6 Å². The van der Waals surface area contributed by atoms with Gasteiger partial charge in [0.1, 0.15) is 11.4 Å². The van der Waals surface area contributed by atoms with Gasteiger partial charge in [-0.2, -0.15) is 0 Å². The molecule has 0 aliphatic carbocycles. The number of rotatable bonds is 4. The molecule has 0 radical (unpaired) electrons.